The van der Waals surface area contributed by atoms with Gasteiger partial charge in [0.2, 0.25) is 0 Å². The molecule has 7 heteroatoms. The van der Waals surface area contributed by atoms with Gasteiger partial charge in [0.25, 0.3) is 5.91 Å². The van der Waals surface area contributed by atoms with Crippen LogP contribution in [0.2, 0.25) is 4.34 Å². The van der Waals surface area contributed by atoms with E-state index in [1.807, 2.05) is 23.4 Å². The quantitative estimate of drug-likeness (QED) is 0.816. The molecule has 0 radical (unpaired) electrons. The first-order valence-electron chi connectivity index (χ1n) is 8.25. The molecule has 0 aliphatic carbocycles. The molecule has 2 aromatic rings. The summed E-state index contributed by atoms with van der Waals surface area (Å²) in [5, 5.41) is 0. The van der Waals surface area contributed by atoms with Crippen molar-refractivity contribution < 1.29 is 4.79 Å². The van der Waals surface area contributed by atoms with Gasteiger partial charge in [-0.25, -0.2) is 4.98 Å². The standard InChI is InChI=1S/C17H23ClN4OS/c1-20(2)10-11-21-9-7-19-16(21)13-4-3-8-22(12-13)17(23)14-5-6-15(18)24-14/h5-7,9,13H,3-4,8,10-12H2,1-2H3/t13-/m0/s1. The number of aromatic nitrogens is 2. The van der Waals surface area contributed by atoms with Crippen LogP contribution in [0.5, 0.6) is 0 Å². The van der Waals surface area contributed by atoms with E-state index in [9.17, 15) is 4.79 Å². The van der Waals surface area contributed by atoms with Gasteiger partial charge in [0.1, 0.15) is 5.82 Å². The number of hydrogen-bond acceptors (Lipinski definition) is 4. The Labute approximate surface area is 151 Å². The Kier molecular flexibility index (Phi) is 5.58. The van der Waals surface area contributed by atoms with Crippen LogP contribution < -0.4 is 0 Å². The van der Waals surface area contributed by atoms with E-state index in [0.29, 0.717) is 10.3 Å². The number of amides is 1. The van der Waals surface area contributed by atoms with Crippen LogP contribution in [-0.2, 0) is 6.54 Å². The predicted octanol–water partition coefficient (Wildman–Crippen LogP) is 3.18. The summed E-state index contributed by atoms with van der Waals surface area (Å²) in [4.78, 5) is 22.1. The van der Waals surface area contributed by atoms with Crippen LogP contribution in [0.15, 0.2) is 24.5 Å². The van der Waals surface area contributed by atoms with Crippen LogP contribution in [0.3, 0.4) is 0 Å². The monoisotopic (exact) mass is 366 g/mol. The van der Waals surface area contributed by atoms with Gasteiger partial charge >= 0.3 is 0 Å². The maximum Gasteiger partial charge on any atom is 0.263 e. The molecule has 1 atom stereocenters. The molecule has 0 spiro atoms. The summed E-state index contributed by atoms with van der Waals surface area (Å²) in [5.74, 6) is 1.48. The lowest BCUT2D eigenvalue weighted by molar-refractivity contribution is 0.0708. The Hall–Kier alpha value is -1.37. The molecule has 0 unspecified atom stereocenters. The van der Waals surface area contributed by atoms with Crippen molar-refractivity contribution in [3.05, 3.63) is 39.6 Å². The highest BCUT2D eigenvalue weighted by Crippen LogP contribution is 2.29. The van der Waals surface area contributed by atoms with Gasteiger partial charge in [-0.05, 0) is 39.1 Å². The second-order valence-corrected chi connectivity index (χ2v) is 8.19. The zero-order valence-electron chi connectivity index (χ0n) is 14.1. The number of nitrogens with zero attached hydrogens (tertiary/aromatic N) is 4. The lowest BCUT2D eigenvalue weighted by Crippen LogP contribution is -2.39. The largest absolute Gasteiger partial charge is 0.337 e. The normalized spacial score (nSPS) is 18.3. The average molecular weight is 367 g/mol. The van der Waals surface area contributed by atoms with Crippen LogP contribution in [0.4, 0.5) is 0 Å². The summed E-state index contributed by atoms with van der Waals surface area (Å²) >= 11 is 7.32. The SMILES string of the molecule is CN(C)CCn1ccnc1[C@H]1CCCN(C(=O)c2ccc(Cl)s2)C1. The molecule has 1 aliphatic heterocycles. The minimum absolute atomic E-state index is 0.0861. The molecule has 3 rings (SSSR count). The lowest BCUT2D eigenvalue weighted by atomic mass is 9.97. The van der Waals surface area contributed by atoms with Crippen LogP contribution in [0.25, 0.3) is 0 Å². The second-order valence-electron chi connectivity index (χ2n) is 6.48. The summed E-state index contributed by atoms with van der Waals surface area (Å²) in [6, 6.07) is 3.60. The number of carbonyl (C=O) groups is 1. The third-order valence-corrected chi connectivity index (χ3v) is 5.61. The summed E-state index contributed by atoms with van der Waals surface area (Å²) in [7, 11) is 4.15. The van der Waals surface area contributed by atoms with E-state index in [1.54, 1.807) is 6.07 Å². The van der Waals surface area contributed by atoms with Crippen molar-refractivity contribution in [2.24, 2.45) is 0 Å². The van der Waals surface area contributed by atoms with Crippen molar-refractivity contribution >= 4 is 28.8 Å². The summed E-state index contributed by atoms with van der Waals surface area (Å²) in [6.45, 7) is 3.44. The molecule has 2 aromatic heterocycles. The summed E-state index contributed by atoms with van der Waals surface area (Å²) < 4.78 is 2.88. The average Bonchev–Trinajstić information content (AvgIpc) is 3.21. The molecule has 1 aliphatic rings. The molecule has 0 N–H and O–H groups in total. The first-order chi connectivity index (χ1) is 11.5. The maximum atomic E-state index is 12.7. The first-order valence-corrected chi connectivity index (χ1v) is 9.44. The number of hydrogen-bond donors (Lipinski definition) is 0. The van der Waals surface area contributed by atoms with Gasteiger partial charge in [-0.2, -0.15) is 0 Å². The second kappa shape index (κ2) is 7.68. The van der Waals surface area contributed by atoms with Crippen LogP contribution in [0, 0.1) is 0 Å². The molecule has 0 bridgehead atoms. The molecule has 130 valence electrons. The van der Waals surface area contributed by atoms with Gasteiger partial charge in [0.15, 0.2) is 0 Å². The zero-order chi connectivity index (χ0) is 17.1. The molecule has 24 heavy (non-hydrogen) atoms. The Morgan fingerprint density at radius 2 is 2.29 bits per heavy atom. The predicted molar refractivity (Wildman–Crippen MR) is 98.0 cm³/mol. The maximum absolute atomic E-state index is 12.7. The fraction of sp³-hybridized carbons (Fsp3) is 0.529. The van der Waals surface area contributed by atoms with Gasteiger partial charge < -0.3 is 14.4 Å². The third-order valence-electron chi connectivity index (χ3n) is 4.39. The molecule has 1 saturated heterocycles. The molecule has 0 saturated carbocycles. The number of thiophene rings is 1. The Morgan fingerprint density at radius 1 is 1.46 bits per heavy atom. The highest BCUT2D eigenvalue weighted by molar-refractivity contribution is 7.17. The van der Waals surface area contributed by atoms with Crippen molar-refractivity contribution in [2.75, 3.05) is 33.7 Å². The van der Waals surface area contributed by atoms with E-state index in [4.69, 9.17) is 11.6 Å². The number of imidazole rings is 1. The van der Waals surface area contributed by atoms with Crippen molar-refractivity contribution in [3.8, 4) is 0 Å². The van der Waals surface area contributed by atoms with Gasteiger partial charge in [0.05, 0.1) is 9.21 Å². The van der Waals surface area contributed by atoms with E-state index in [1.165, 1.54) is 11.3 Å². The fourth-order valence-corrected chi connectivity index (χ4v) is 4.15. The van der Waals surface area contributed by atoms with E-state index in [0.717, 1.165) is 49.7 Å². The van der Waals surface area contributed by atoms with Crippen LogP contribution >= 0.6 is 22.9 Å². The van der Waals surface area contributed by atoms with Gasteiger partial charge in [-0.3, -0.25) is 4.79 Å². The van der Waals surface area contributed by atoms with Crippen molar-refractivity contribution in [3.63, 3.8) is 0 Å². The highest BCUT2D eigenvalue weighted by atomic mass is 35.5. The lowest BCUT2D eigenvalue weighted by Gasteiger charge is -2.32. The summed E-state index contributed by atoms with van der Waals surface area (Å²) in [6.07, 6.45) is 5.99. The Morgan fingerprint density at radius 3 is 3.00 bits per heavy atom. The van der Waals surface area contributed by atoms with E-state index < -0.39 is 0 Å². The Balaban J connectivity index is 1.70. The minimum Gasteiger partial charge on any atom is -0.337 e. The fourth-order valence-electron chi connectivity index (χ4n) is 3.13. The van der Waals surface area contributed by atoms with Gasteiger partial charge in [-0.15, -0.1) is 11.3 Å². The molecule has 1 amide bonds. The van der Waals surface area contributed by atoms with Gasteiger partial charge in [-0.1, -0.05) is 11.6 Å². The molecule has 0 aromatic carbocycles. The van der Waals surface area contributed by atoms with Gasteiger partial charge in [0, 0.05) is 44.5 Å². The number of halogens is 1. The van der Waals surface area contributed by atoms with E-state index in [-0.39, 0.29) is 5.91 Å². The summed E-state index contributed by atoms with van der Waals surface area (Å²) in [5.41, 5.74) is 0. The molecule has 1 fully saturated rings. The first kappa shape index (κ1) is 17.5. The van der Waals surface area contributed by atoms with E-state index >= 15 is 0 Å². The van der Waals surface area contributed by atoms with Crippen LogP contribution in [0.1, 0.15) is 34.3 Å². The molecule has 3 heterocycles. The minimum atomic E-state index is 0.0861. The van der Waals surface area contributed by atoms with Crippen LogP contribution in [-0.4, -0.2) is 59.0 Å². The zero-order valence-corrected chi connectivity index (χ0v) is 15.7. The number of likely N-dealkylation sites (N-methyl/N-ethyl adjacent to an activating group) is 1. The molecular weight excluding hydrogens is 344 g/mol. The topological polar surface area (TPSA) is 41.4 Å². The van der Waals surface area contributed by atoms with E-state index in [2.05, 4.69) is 28.5 Å². The van der Waals surface area contributed by atoms with Crippen molar-refractivity contribution in [2.45, 2.75) is 25.3 Å². The number of likely N-dealkylation sites (tertiary alicyclic amines) is 1. The number of rotatable bonds is 5. The molecular formula is C17H23ClN4OS. The third kappa shape index (κ3) is 3.99. The number of carbonyl (C=O) groups excluding carboxylic acids is 1. The highest BCUT2D eigenvalue weighted by Gasteiger charge is 2.28. The van der Waals surface area contributed by atoms with Crippen molar-refractivity contribution in [1.29, 1.82) is 0 Å². The number of piperidine rings is 1. The molecule has 5 nitrogen and oxygen atoms in total. The smallest absolute Gasteiger partial charge is 0.263 e. The Bertz CT molecular complexity index is 696. The van der Waals surface area contributed by atoms with Crippen molar-refractivity contribution in [1.82, 2.24) is 19.4 Å².